The third-order valence-corrected chi connectivity index (χ3v) is 4.25. The molecule has 2 fully saturated rings. The van der Waals surface area contributed by atoms with Gasteiger partial charge in [-0.2, -0.15) is 0 Å². The zero-order chi connectivity index (χ0) is 14.5. The summed E-state index contributed by atoms with van der Waals surface area (Å²) in [4.78, 5) is 27.2. The zero-order valence-electron chi connectivity index (χ0n) is 12.1. The summed E-state index contributed by atoms with van der Waals surface area (Å²) in [6, 6.07) is -0.892. The first-order chi connectivity index (χ1) is 9.63. The summed E-state index contributed by atoms with van der Waals surface area (Å²) in [6.07, 6.45) is 5.74. The molecular formula is C14H24N2O4. The molecule has 6 heteroatoms. The summed E-state index contributed by atoms with van der Waals surface area (Å²) >= 11 is 0. The monoisotopic (exact) mass is 284 g/mol. The fourth-order valence-electron chi connectivity index (χ4n) is 3.03. The number of carbonyl (C=O) groups is 2. The first kappa shape index (κ1) is 15.1. The molecule has 6 nitrogen and oxygen atoms in total. The number of rotatable bonds is 2. The molecule has 0 bridgehead atoms. The number of nitrogens with zero attached hydrogens (tertiary/aromatic N) is 2. The van der Waals surface area contributed by atoms with Crippen LogP contribution in [0.5, 0.6) is 0 Å². The Morgan fingerprint density at radius 3 is 2.25 bits per heavy atom. The second kappa shape index (κ2) is 6.92. The van der Waals surface area contributed by atoms with Crippen molar-refractivity contribution in [3.8, 4) is 0 Å². The topological polar surface area (TPSA) is 70.1 Å². The number of amides is 2. The van der Waals surface area contributed by atoms with Gasteiger partial charge in [0.1, 0.15) is 6.04 Å². The van der Waals surface area contributed by atoms with Gasteiger partial charge < -0.3 is 19.6 Å². The molecule has 2 heterocycles. The van der Waals surface area contributed by atoms with Gasteiger partial charge in [-0.15, -0.1) is 0 Å². The van der Waals surface area contributed by atoms with E-state index in [-0.39, 0.29) is 12.1 Å². The van der Waals surface area contributed by atoms with E-state index >= 15 is 0 Å². The lowest BCUT2D eigenvalue weighted by atomic mass is 10.1. The van der Waals surface area contributed by atoms with Crippen molar-refractivity contribution in [1.29, 1.82) is 0 Å². The Labute approximate surface area is 119 Å². The normalized spacial score (nSPS) is 28.1. The second-order valence-corrected chi connectivity index (χ2v) is 5.64. The van der Waals surface area contributed by atoms with E-state index in [1.807, 2.05) is 4.90 Å². The number of urea groups is 1. The molecule has 2 rings (SSSR count). The number of methoxy groups -OCH3 is 1. The van der Waals surface area contributed by atoms with Crippen LogP contribution in [-0.4, -0.2) is 65.8 Å². The van der Waals surface area contributed by atoms with Crippen LogP contribution < -0.4 is 0 Å². The molecule has 2 atom stereocenters. The maximum absolute atomic E-state index is 12.6. The lowest BCUT2D eigenvalue weighted by molar-refractivity contribution is -0.141. The van der Waals surface area contributed by atoms with Gasteiger partial charge in [0.05, 0.1) is 6.10 Å². The highest BCUT2D eigenvalue weighted by molar-refractivity contribution is 5.83. The van der Waals surface area contributed by atoms with Crippen molar-refractivity contribution < 1.29 is 19.4 Å². The number of hydrogen-bond acceptors (Lipinski definition) is 3. The maximum atomic E-state index is 12.6. The van der Waals surface area contributed by atoms with Crippen molar-refractivity contribution in [1.82, 2.24) is 9.80 Å². The molecule has 1 N–H and O–H groups in total. The van der Waals surface area contributed by atoms with Gasteiger partial charge in [0, 0.05) is 33.2 Å². The Balaban J connectivity index is 2.03. The van der Waals surface area contributed by atoms with E-state index in [4.69, 9.17) is 4.74 Å². The fraction of sp³-hybridized carbons (Fsp3) is 0.857. The molecule has 114 valence electrons. The number of likely N-dealkylation sites (tertiary alicyclic amines) is 2. The summed E-state index contributed by atoms with van der Waals surface area (Å²) in [5, 5.41) is 9.28. The van der Waals surface area contributed by atoms with Crippen molar-refractivity contribution in [3.05, 3.63) is 0 Å². The number of aliphatic carboxylic acids is 1. The molecule has 2 aliphatic rings. The highest BCUT2D eigenvalue weighted by Crippen LogP contribution is 2.23. The third-order valence-electron chi connectivity index (χ3n) is 4.25. The lowest BCUT2D eigenvalue weighted by Gasteiger charge is -2.31. The number of carboxylic acids is 1. The van der Waals surface area contributed by atoms with Crippen molar-refractivity contribution in [2.24, 2.45) is 0 Å². The van der Waals surface area contributed by atoms with Gasteiger partial charge in [-0.25, -0.2) is 9.59 Å². The minimum Gasteiger partial charge on any atom is -0.480 e. The van der Waals surface area contributed by atoms with Gasteiger partial charge in [0.2, 0.25) is 0 Å². The molecule has 0 aromatic carbocycles. The summed E-state index contributed by atoms with van der Waals surface area (Å²) in [6.45, 7) is 1.85. The molecule has 20 heavy (non-hydrogen) atoms. The van der Waals surface area contributed by atoms with Gasteiger partial charge in [-0.1, -0.05) is 19.3 Å². The Morgan fingerprint density at radius 2 is 1.70 bits per heavy atom. The van der Waals surface area contributed by atoms with Gasteiger partial charge in [0.25, 0.3) is 0 Å². The number of ether oxygens (including phenoxy) is 1. The Bertz CT molecular complexity index is 353. The fourth-order valence-corrected chi connectivity index (χ4v) is 3.03. The maximum Gasteiger partial charge on any atom is 0.326 e. The van der Waals surface area contributed by atoms with Crippen LogP contribution >= 0.6 is 0 Å². The quantitative estimate of drug-likeness (QED) is 0.835. The highest BCUT2D eigenvalue weighted by Gasteiger charge is 2.41. The van der Waals surface area contributed by atoms with Crippen LogP contribution in [0.1, 0.15) is 38.5 Å². The van der Waals surface area contributed by atoms with Crippen LogP contribution in [-0.2, 0) is 9.53 Å². The molecule has 0 aromatic heterocycles. The Hall–Kier alpha value is -1.30. The van der Waals surface area contributed by atoms with E-state index in [0.29, 0.717) is 13.0 Å². The first-order valence-corrected chi connectivity index (χ1v) is 7.44. The molecule has 2 unspecified atom stereocenters. The van der Waals surface area contributed by atoms with Crippen LogP contribution in [0.4, 0.5) is 4.79 Å². The average molecular weight is 284 g/mol. The standard InChI is InChI=1S/C14H24N2O4/c1-20-11-9-12(13(17)18)16(10-11)14(19)15-7-5-3-2-4-6-8-15/h11-12H,2-10H2,1H3,(H,17,18). The number of carboxylic acid groups (broad SMARTS) is 1. The molecule has 0 aromatic rings. The molecule has 0 radical (unpaired) electrons. The molecule has 0 aliphatic carbocycles. The first-order valence-electron chi connectivity index (χ1n) is 7.44. The molecule has 2 amide bonds. The predicted molar refractivity (Wildman–Crippen MR) is 73.6 cm³/mol. The van der Waals surface area contributed by atoms with Crippen molar-refractivity contribution >= 4 is 12.0 Å². The second-order valence-electron chi connectivity index (χ2n) is 5.64. The summed E-state index contributed by atoms with van der Waals surface area (Å²) < 4.78 is 5.23. The van der Waals surface area contributed by atoms with E-state index < -0.39 is 12.0 Å². The van der Waals surface area contributed by atoms with Crippen LogP contribution in [0.25, 0.3) is 0 Å². The predicted octanol–water partition coefficient (Wildman–Crippen LogP) is 1.55. The van der Waals surface area contributed by atoms with Crippen molar-refractivity contribution in [3.63, 3.8) is 0 Å². The van der Waals surface area contributed by atoms with Gasteiger partial charge in [-0.3, -0.25) is 0 Å². The lowest BCUT2D eigenvalue weighted by Crippen LogP contribution is -2.49. The molecule has 0 saturated carbocycles. The van der Waals surface area contributed by atoms with Crippen LogP contribution in [0.3, 0.4) is 0 Å². The van der Waals surface area contributed by atoms with E-state index in [9.17, 15) is 14.7 Å². The van der Waals surface area contributed by atoms with Crippen LogP contribution in [0.15, 0.2) is 0 Å². The van der Waals surface area contributed by atoms with E-state index in [1.54, 1.807) is 7.11 Å². The zero-order valence-corrected chi connectivity index (χ0v) is 12.1. The molecule has 2 saturated heterocycles. The molecular weight excluding hydrogens is 260 g/mol. The summed E-state index contributed by atoms with van der Waals surface area (Å²) in [7, 11) is 1.56. The van der Waals surface area contributed by atoms with Gasteiger partial charge in [-0.05, 0) is 12.8 Å². The van der Waals surface area contributed by atoms with Crippen molar-refractivity contribution in [2.45, 2.75) is 50.7 Å². The summed E-state index contributed by atoms with van der Waals surface area (Å²) in [5.74, 6) is -0.940. The summed E-state index contributed by atoms with van der Waals surface area (Å²) in [5.41, 5.74) is 0. The SMILES string of the molecule is COC1CC(C(=O)O)N(C(=O)N2CCCCCCC2)C1. The van der Waals surface area contributed by atoms with Gasteiger partial charge in [0.15, 0.2) is 0 Å². The Kier molecular flexibility index (Phi) is 5.23. The minimum atomic E-state index is -0.940. The number of hydrogen-bond donors (Lipinski definition) is 1. The molecule has 0 spiro atoms. The van der Waals surface area contributed by atoms with E-state index in [2.05, 4.69) is 0 Å². The number of carbonyl (C=O) groups excluding carboxylic acids is 1. The van der Waals surface area contributed by atoms with Crippen molar-refractivity contribution in [2.75, 3.05) is 26.7 Å². The van der Waals surface area contributed by atoms with Crippen LogP contribution in [0, 0.1) is 0 Å². The van der Waals surface area contributed by atoms with Gasteiger partial charge >= 0.3 is 12.0 Å². The van der Waals surface area contributed by atoms with E-state index in [1.165, 1.54) is 11.3 Å². The average Bonchev–Trinajstić information content (AvgIpc) is 2.82. The largest absolute Gasteiger partial charge is 0.480 e. The minimum absolute atomic E-state index is 0.140. The smallest absolute Gasteiger partial charge is 0.326 e. The third kappa shape index (κ3) is 3.42. The Morgan fingerprint density at radius 1 is 1.10 bits per heavy atom. The molecule has 2 aliphatic heterocycles. The highest BCUT2D eigenvalue weighted by atomic mass is 16.5. The van der Waals surface area contributed by atoms with E-state index in [0.717, 1.165) is 38.8 Å². The van der Waals surface area contributed by atoms with Crippen LogP contribution in [0.2, 0.25) is 0 Å².